The molecule has 0 unspecified atom stereocenters. The molecule has 0 spiro atoms. The van der Waals surface area contributed by atoms with Crippen LogP contribution in [0, 0.1) is 34.5 Å². The van der Waals surface area contributed by atoms with E-state index in [-0.39, 0.29) is 53.2 Å². The van der Waals surface area contributed by atoms with Gasteiger partial charge in [-0.05, 0) is 67.8 Å². The average Bonchev–Trinajstić information content (AvgIpc) is 3.01. The number of methoxy groups -OCH3 is 1. The number of allylic oxidation sites excluding steroid dienone is 1. The standard InChI is InChI=1S/C26H38O6/c1-15(2)23(30)32-26(21(29)14-31-5)11-9-19-18-7-6-16-12-17(27)8-10-24(16,3)22(18)20(28)13-25(19,26)4/h12,15,18-20,22,28H,6-11,13-14H2,1-5H3/t18-,19-,20-,22+,24-,25-,26-/m0/s1. The molecule has 7 atom stereocenters. The van der Waals surface area contributed by atoms with Crippen LogP contribution < -0.4 is 0 Å². The third-order valence-electron chi connectivity index (χ3n) is 9.49. The molecule has 4 aliphatic carbocycles. The summed E-state index contributed by atoms with van der Waals surface area (Å²) in [4.78, 5) is 38.3. The fourth-order valence-corrected chi connectivity index (χ4v) is 7.90. The number of carbonyl (C=O) groups is 3. The Balaban J connectivity index is 1.74. The molecule has 4 aliphatic rings. The first kappa shape index (κ1) is 23.6. The van der Waals surface area contributed by atoms with Crippen LogP contribution in [-0.4, -0.2) is 48.1 Å². The number of ether oxygens (including phenoxy) is 2. The Morgan fingerprint density at radius 1 is 1.19 bits per heavy atom. The van der Waals surface area contributed by atoms with Gasteiger partial charge in [0, 0.05) is 18.9 Å². The summed E-state index contributed by atoms with van der Waals surface area (Å²) in [7, 11) is 1.48. The summed E-state index contributed by atoms with van der Waals surface area (Å²) < 4.78 is 11.3. The van der Waals surface area contributed by atoms with Gasteiger partial charge in [0.2, 0.25) is 5.78 Å². The van der Waals surface area contributed by atoms with Gasteiger partial charge in [-0.3, -0.25) is 14.4 Å². The van der Waals surface area contributed by atoms with Gasteiger partial charge in [0.05, 0.1) is 12.0 Å². The van der Waals surface area contributed by atoms with Crippen LogP contribution in [0.15, 0.2) is 11.6 Å². The number of esters is 1. The maximum Gasteiger partial charge on any atom is 0.309 e. The van der Waals surface area contributed by atoms with E-state index in [9.17, 15) is 19.5 Å². The number of rotatable bonds is 5. The first-order valence-electron chi connectivity index (χ1n) is 12.2. The van der Waals surface area contributed by atoms with Crippen molar-refractivity contribution in [3.63, 3.8) is 0 Å². The highest BCUT2D eigenvalue weighted by atomic mass is 16.6. The van der Waals surface area contributed by atoms with Gasteiger partial charge in [-0.15, -0.1) is 0 Å². The highest BCUT2D eigenvalue weighted by Gasteiger charge is 2.70. The van der Waals surface area contributed by atoms with Gasteiger partial charge in [0.1, 0.15) is 6.61 Å². The van der Waals surface area contributed by atoms with Gasteiger partial charge < -0.3 is 14.6 Å². The van der Waals surface area contributed by atoms with Crippen LogP contribution >= 0.6 is 0 Å². The van der Waals surface area contributed by atoms with Crippen LogP contribution in [-0.2, 0) is 23.9 Å². The lowest BCUT2D eigenvalue weighted by molar-refractivity contribution is -0.204. The second-order valence-electron chi connectivity index (χ2n) is 11.4. The molecule has 0 amide bonds. The van der Waals surface area contributed by atoms with E-state index in [1.165, 1.54) is 12.7 Å². The number of hydrogen-bond acceptors (Lipinski definition) is 6. The quantitative estimate of drug-likeness (QED) is 0.649. The predicted octanol–water partition coefficient (Wildman–Crippen LogP) is 3.64. The van der Waals surface area contributed by atoms with E-state index in [1.807, 2.05) is 13.0 Å². The molecule has 0 saturated heterocycles. The molecule has 3 fully saturated rings. The van der Waals surface area contributed by atoms with Gasteiger partial charge in [-0.2, -0.15) is 0 Å². The van der Waals surface area contributed by atoms with Crippen molar-refractivity contribution in [1.82, 2.24) is 0 Å². The molecule has 0 bridgehead atoms. The molecule has 6 heteroatoms. The zero-order valence-electron chi connectivity index (χ0n) is 20.1. The normalized spacial score (nSPS) is 43.2. The average molecular weight is 447 g/mol. The second-order valence-corrected chi connectivity index (χ2v) is 11.4. The van der Waals surface area contributed by atoms with Crippen LogP contribution in [0.5, 0.6) is 0 Å². The molecule has 0 aromatic carbocycles. The molecule has 178 valence electrons. The number of ketones is 2. The summed E-state index contributed by atoms with van der Waals surface area (Å²) in [6.45, 7) is 7.70. The van der Waals surface area contributed by atoms with E-state index in [0.29, 0.717) is 19.3 Å². The lowest BCUT2D eigenvalue weighted by atomic mass is 9.45. The fourth-order valence-electron chi connectivity index (χ4n) is 7.90. The van der Waals surface area contributed by atoms with Gasteiger partial charge in [-0.25, -0.2) is 0 Å². The van der Waals surface area contributed by atoms with E-state index in [2.05, 4.69) is 6.92 Å². The number of hydrogen-bond donors (Lipinski definition) is 1. The van der Waals surface area contributed by atoms with Crippen LogP contribution in [0.4, 0.5) is 0 Å². The summed E-state index contributed by atoms with van der Waals surface area (Å²) in [5.41, 5.74) is -0.909. The molecule has 0 aromatic heterocycles. The van der Waals surface area contributed by atoms with Crippen LogP contribution in [0.3, 0.4) is 0 Å². The highest BCUT2D eigenvalue weighted by Crippen LogP contribution is 2.68. The van der Waals surface area contributed by atoms with E-state index < -0.39 is 17.1 Å². The molecular formula is C26H38O6. The summed E-state index contributed by atoms with van der Waals surface area (Å²) in [6, 6.07) is 0. The maximum absolute atomic E-state index is 13.4. The van der Waals surface area contributed by atoms with Crippen molar-refractivity contribution in [2.24, 2.45) is 34.5 Å². The summed E-state index contributed by atoms with van der Waals surface area (Å²) in [6.07, 6.45) is 5.94. The van der Waals surface area contributed by atoms with Crippen molar-refractivity contribution in [2.75, 3.05) is 13.7 Å². The van der Waals surface area contributed by atoms with Crippen molar-refractivity contribution in [3.05, 3.63) is 11.6 Å². The van der Waals surface area contributed by atoms with Crippen LogP contribution in [0.1, 0.15) is 72.6 Å². The molecule has 6 nitrogen and oxygen atoms in total. The molecule has 0 radical (unpaired) electrons. The SMILES string of the molecule is COCC(=O)[C@@]1(OC(=O)C(C)C)CC[C@H]2[C@@H]3CCC4=CC(=O)CC[C@]4(C)[C@H]3[C@@H](O)C[C@@]21C. The second kappa shape index (κ2) is 8.05. The molecule has 1 N–H and O–H groups in total. The molecule has 0 heterocycles. The van der Waals surface area contributed by atoms with Crippen LogP contribution in [0.2, 0.25) is 0 Å². The van der Waals surface area contributed by atoms with Gasteiger partial charge in [0.15, 0.2) is 11.4 Å². The van der Waals surface area contributed by atoms with Gasteiger partial charge >= 0.3 is 5.97 Å². The molecule has 32 heavy (non-hydrogen) atoms. The number of aliphatic hydroxyl groups excluding tert-OH is 1. The third-order valence-corrected chi connectivity index (χ3v) is 9.49. The lowest BCUT2D eigenvalue weighted by Crippen LogP contribution is -2.63. The van der Waals surface area contributed by atoms with Crippen LogP contribution in [0.25, 0.3) is 0 Å². The van der Waals surface area contributed by atoms with E-state index >= 15 is 0 Å². The summed E-state index contributed by atoms with van der Waals surface area (Å²) >= 11 is 0. The number of Topliss-reactive ketones (excluding diaryl/α,β-unsaturated/α-hetero) is 1. The minimum Gasteiger partial charge on any atom is -0.450 e. The topological polar surface area (TPSA) is 89.9 Å². The van der Waals surface area contributed by atoms with Crippen molar-refractivity contribution in [2.45, 2.75) is 84.3 Å². The minimum atomic E-state index is -1.26. The highest BCUT2D eigenvalue weighted by molar-refractivity contribution is 5.93. The van der Waals surface area contributed by atoms with Crippen molar-refractivity contribution >= 4 is 17.5 Å². The van der Waals surface area contributed by atoms with Crippen molar-refractivity contribution < 1.29 is 29.0 Å². The van der Waals surface area contributed by atoms with Gasteiger partial charge in [0.25, 0.3) is 0 Å². The Hall–Kier alpha value is -1.53. The Bertz CT molecular complexity index is 845. The van der Waals surface area contributed by atoms with Crippen molar-refractivity contribution in [3.8, 4) is 0 Å². The van der Waals surface area contributed by atoms with E-state index in [0.717, 1.165) is 25.7 Å². The molecule has 0 aromatic rings. The molecular weight excluding hydrogens is 408 g/mol. The Morgan fingerprint density at radius 3 is 2.56 bits per heavy atom. The smallest absolute Gasteiger partial charge is 0.309 e. The van der Waals surface area contributed by atoms with Crippen molar-refractivity contribution in [1.29, 1.82) is 0 Å². The van der Waals surface area contributed by atoms with E-state index in [4.69, 9.17) is 9.47 Å². The molecule has 3 saturated carbocycles. The third kappa shape index (κ3) is 3.24. The molecule has 4 rings (SSSR count). The molecule has 0 aliphatic heterocycles. The zero-order valence-corrected chi connectivity index (χ0v) is 20.1. The number of aliphatic hydroxyl groups is 1. The minimum absolute atomic E-state index is 0.0582. The fraction of sp³-hybridized carbons (Fsp3) is 0.808. The first-order valence-corrected chi connectivity index (χ1v) is 12.2. The predicted molar refractivity (Wildman–Crippen MR) is 119 cm³/mol. The summed E-state index contributed by atoms with van der Waals surface area (Å²) in [5, 5.41) is 11.6. The first-order chi connectivity index (χ1) is 15.0. The monoisotopic (exact) mass is 446 g/mol. The summed E-state index contributed by atoms with van der Waals surface area (Å²) in [5.74, 6) is -0.261. The van der Waals surface area contributed by atoms with Gasteiger partial charge in [-0.1, -0.05) is 33.3 Å². The Labute approximate surface area is 191 Å². The Morgan fingerprint density at radius 2 is 1.91 bits per heavy atom. The zero-order chi connectivity index (χ0) is 23.5. The maximum atomic E-state index is 13.4. The lowest BCUT2D eigenvalue weighted by Gasteiger charge is -2.60. The Kier molecular flexibility index (Phi) is 5.94. The largest absolute Gasteiger partial charge is 0.450 e. The van der Waals surface area contributed by atoms with E-state index in [1.54, 1.807) is 13.8 Å². The number of carbonyl (C=O) groups excluding carboxylic acids is 3. The number of fused-ring (bicyclic) bond motifs is 5.